The Kier molecular flexibility index (Phi) is 4.60. The van der Waals surface area contributed by atoms with E-state index in [9.17, 15) is 4.79 Å². The van der Waals surface area contributed by atoms with Crippen LogP contribution >= 0.6 is 0 Å². The van der Waals surface area contributed by atoms with Crippen molar-refractivity contribution in [3.8, 4) is 0 Å². The molecule has 1 rings (SSSR count). The predicted molar refractivity (Wildman–Crippen MR) is 50.2 cm³/mol. The number of hydrazine groups is 1. The summed E-state index contributed by atoms with van der Waals surface area (Å²) in [5.74, 6) is 0. The highest BCUT2D eigenvalue weighted by molar-refractivity contribution is 5.66. The van der Waals surface area contributed by atoms with E-state index in [0.29, 0.717) is 6.61 Å². The van der Waals surface area contributed by atoms with E-state index in [2.05, 4.69) is 5.43 Å². The van der Waals surface area contributed by atoms with Crippen LogP contribution in [0.1, 0.15) is 32.6 Å². The molecule has 0 aromatic rings. The Morgan fingerprint density at radius 3 is 2.69 bits per heavy atom. The van der Waals surface area contributed by atoms with Crippen LogP contribution in [0, 0.1) is 0 Å². The molecule has 13 heavy (non-hydrogen) atoms. The van der Waals surface area contributed by atoms with Crippen molar-refractivity contribution >= 4 is 6.09 Å². The Morgan fingerprint density at radius 1 is 1.38 bits per heavy atom. The Bertz CT molecular complexity index is 156. The first kappa shape index (κ1) is 10.3. The number of nitrogens with one attached hydrogen (secondary N) is 1. The maximum atomic E-state index is 11.1. The molecular weight excluding hydrogens is 168 g/mol. The number of nitrogens with zero attached hydrogens (tertiary/aromatic N) is 1. The van der Waals surface area contributed by atoms with Crippen molar-refractivity contribution in [2.75, 3.05) is 19.7 Å². The third kappa shape index (κ3) is 4.12. The molecule has 0 radical (unpaired) electrons. The Balaban J connectivity index is 2.11. The minimum Gasteiger partial charge on any atom is -0.449 e. The zero-order chi connectivity index (χ0) is 9.52. The summed E-state index contributed by atoms with van der Waals surface area (Å²) in [6.45, 7) is 4.37. The van der Waals surface area contributed by atoms with E-state index in [4.69, 9.17) is 4.74 Å². The fourth-order valence-electron chi connectivity index (χ4n) is 1.36. The molecule has 0 spiro atoms. The molecule has 4 heteroatoms. The maximum Gasteiger partial charge on any atom is 0.421 e. The fourth-order valence-corrected chi connectivity index (χ4v) is 1.36. The van der Waals surface area contributed by atoms with E-state index in [-0.39, 0.29) is 6.09 Å². The van der Waals surface area contributed by atoms with Gasteiger partial charge in [-0.15, -0.1) is 0 Å². The zero-order valence-corrected chi connectivity index (χ0v) is 8.21. The molecule has 1 N–H and O–H groups in total. The fraction of sp³-hybridized carbons (Fsp3) is 0.889. The van der Waals surface area contributed by atoms with E-state index in [1.807, 2.05) is 11.9 Å². The predicted octanol–water partition coefficient (Wildman–Crippen LogP) is 1.52. The van der Waals surface area contributed by atoms with Crippen molar-refractivity contribution in [2.45, 2.75) is 32.6 Å². The SMILES string of the molecule is CCCOC(=O)NN1CCCCC1. The molecule has 0 aromatic carbocycles. The zero-order valence-electron chi connectivity index (χ0n) is 8.21. The molecule has 1 fully saturated rings. The Morgan fingerprint density at radius 2 is 2.08 bits per heavy atom. The molecule has 1 heterocycles. The van der Waals surface area contributed by atoms with E-state index in [1.54, 1.807) is 0 Å². The largest absolute Gasteiger partial charge is 0.449 e. The quantitative estimate of drug-likeness (QED) is 0.726. The highest BCUT2D eigenvalue weighted by Gasteiger charge is 2.12. The van der Waals surface area contributed by atoms with Gasteiger partial charge in [0.2, 0.25) is 0 Å². The highest BCUT2D eigenvalue weighted by Crippen LogP contribution is 2.05. The first-order valence-electron chi connectivity index (χ1n) is 5.01. The average molecular weight is 186 g/mol. The first-order chi connectivity index (χ1) is 6.33. The number of hydrogen-bond acceptors (Lipinski definition) is 3. The number of carbonyl (C=O) groups excluding carboxylic acids is 1. The summed E-state index contributed by atoms with van der Waals surface area (Å²) in [5.41, 5.74) is 2.73. The van der Waals surface area contributed by atoms with Crippen molar-refractivity contribution in [3.05, 3.63) is 0 Å². The smallest absolute Gasteiger partial charge is 0.421 e. The summed E-state index contributed by atoms with van der Waals surface area (Å²) in [6, 6.07) is 0. The van der Waals surface area contributed by atoms with Crippen LogP contribution in [-0.4, -0.2) is 30.8 Å². The second kappa shape index (κ2) is 5.80. The molecule has 1 amide bonds. The summed E-state index contributed by atoms with van der Waals surface area (Å²) in [6.07, 6.45) is 4.14. The van der Waals surface area contributed by atoms with Crippen molar-refractivity contribution in [1.29, 1.82) is 0 Å². The first-order valence-corrected chi connectivity index (χ1v) is 5.01. The van der Waals surface area contributed by atoms with Crippen molar-refractivity contribution in [2.24, 2.45) is 0 Å². The summed E-state index contributed by atoms with van der Waals surface area (Å²) in [5, 5.41) is 1.93. The van der Waals surface area contributed by atoms with Crippen LogP contribution in [0.4, 0.5) is 4.79 Å². The maximum absolute atomic E-state index is 11.1. The normalized spacial score (nSPS) is 18.2. The number of carbonyl (C=O) groups is 1. The van der Waals surface area contributed by atoms with Gasteiger partial charge in [-0.25, -0.2) is 9.80 Å². The summed E-state index contributed by atoms with van der Waals surface area (Å²) >= 11 is 0. The van der Waals surface area contributed by atoms with E-state index < -0.39 is 0 Å². The summed E-state index contributed by atoms with van der Waals surface area (Å²) in [4.78, 5) is 11.1. The number of amides is 1. The topological polar surface area (TPSA) is 41.6 Å². The summed E-state index contributed by atoms with van der Waals surface area (Å²) < 4.78 is 4.90. The van der Waals surface area contributed by atoms with Gasteiger partial charge in [0, 0.05) is 13.1 Å². The van der Waals surface area contributed by atoms with E-state index >= 15 is 0 Å². The van der Waals surface area contributed by atoms with Gasteiger partial charge in [-0.3, -0.25) is 5.43 Å². The lowest BCUT2D eigenvalue weighted by molar-refractivity contribution is 0.0954. The van der Waals surface area contributed by atoms with E-state index in [1.165, 1.54) is 6.42 Å². The molecule has 76 valence electrons. The van der Waals surface area contributed by atoms with Crippen LogP contribution in [0.3, 0.4) is 0 Å². The van der Waals surface area contributed by atoms with Gasteiger partial charge in [0.05, 0.1) is 6.61 Å². The van der Waals surface area contributed by atoms with Crippen LogP contribution in [0.5, 0.6) is 0 Å². The molecular formula is C9H18N2O2. The van der Waals surface area contributed by atoms with Gasteiger partial charge in [-0.1, -0.05) is 13.3 Å². The van der Waals surface area contributed by atoms with Gasteiger partial charge in [-0.05, 0) is 19.3 Å². The number of rotatable bonds is 3. The number of ether oxygens (including phenoxy) is 1. The summed E-state index contributed by atoms with van der Waals surface area (Å²) in [7, 11) is 0. The van der Waals surface area contributed by atoms with Crippen LogP contribution in [-0.2, 0) is 4.74 Å². The second-order valence-corrected chi connectivity index (χ2v) is 3.30. The lowest BCUT2D eigenvalue weighted by atomic mass is 10.2. The standard InChI is InChI=1S/C9H18N2O2/c1-2-8-13-9(12)10-11-6-4-3-5-7-11/h2-8H2,1H3,(H,10,12). The minimum absolute atomic E-state index is 0.316. The molecule has 1 saturated heterocycles. The highest BCUT2D eigenvalue weighted by atomic mass is 16.6. The molecule has 0 bridgehead atoms. The third-order valence-corrected chi connectivity index (χ3v) is 2.04. The van der Waals surface area contributed by atoms with Crippen LogP contribution in [0.25, 0.3) is 0 Å². The second-order valence-electron chi connectivity index (χ2n) is 3.30. The lowest BCUT2D eigenvalue weighted by Gasteiger charge is -2.26. The molecule has 4 nitrogen and oxygen atoms in total. The van der Waals surface area contributed by atoms with Gasteiger partial charge in [0.25, 0.3) is 0 Å². The molecule has 0 aliphatic carbocycles. The van der Waals surface area contributed by atoms with Crippen molar-refractivity contribution in [3.63, 3.8) is 0 Å². The molecule has 0 saturated carbocycles. The van der Waals surface area contributed by atoms with Gasteiger partial charge < -0.3 is 4.74 Å². The minimum atomic E-state index is -0.316. The lowest BCUT2D eigenvalue weighted by Crippen LogP contribution is -2.45. The monoisotopic (exact) mass is 186 g/mol. The molecule has 1 aliphatic rings. The molecule has 0 aromatic heterocycles. The molecule has 0 atom stereocenters. The molecule has 1 aliphatic heterocycles. The van der Waals surface area contributed by atoms with Crippen molar-refractivity contribution in [1.82, 2.24) is 10.4 Å². The van der Waals surface area contributed by atoms with Gasteiger partial charge in [-0.2, -0.15) is 0 Å². The third-order valence-electron chi connectivity index (χ3n) is 2.04. The average Bonchev–Trinajstić information content (AvgIpc) is 2.16. The number of piperidine rings is 1. The van der Waals surface area contributed by atoms with Crippen LogP contribution in [0.15, 0.2) is 0 Å². The van der Waals surface area contributed by atoms with Gasteiger partial charge in [0.15, 0.2) is 0 Å². The van der Waals surface area contributed by atoms with Crippen LogP contribution < -0.4 is 5.43 Å². The van der Waals surface area contributed by atoms with Crippen molar-refractivity contribution < 1.29 is 9.53 Å². The molecule has 0 unspecified atom stereocenters. The Labute approximate surface area is 79.2 Å². The van der Waals surface area contributed by atoms with Crippen LogP contribution in [0.2, 0.25) is 0 Å². The van der Waals surface area contributed by atoms with Gasteiger partial charge in [0.1, 0.15) is 0 Å². The number of hydrogen-bond donors (Lipinski definition) is 1. The van der Waals surface area contributed by atoms with E-state index in [0.717, 1.165) is 32.4 Å². The Hall–Kier alpha value is -0.770. The van der Waals surface area contributed by atoms with Gasteiger partial charge >= 0.3 is 6.09 Å².